The summed E-state index contributed by atoms with van der Waals surface area (Å²) in [5, 5.41) is 5.16. The molecule has 2 amide bonds. The van der Waals surface area contributed by atoms with Crippen molar-refractivity contribution in [2.24, 2.45) is 0 Å². The van der Waals surface area contributed by atoms with E-state index in [2.05, 4.69) is 26.6 Å². The van der Waals surface area contributed by atoms with Crippen LogP contribution in [0.4, 0.5) is 14.9 Å². The summed E-state index contributed by atoms with van der Waals surface area (Å²) in [6.45, 7) is 2.36. The SMILES string of the molecule is CCC(COC)NC(=O)Nc1ccc(Br)cc1F. The smallest absolute Gasteiger partial charge is 0.319 e. The van der Waals surface area contributed by atoms with Gasteiger partial charge in [0.15, 0.2) is 0 Å². The molecule has 1 rings (SSSR count). The Hall–Kier alpha value is -1.14. The second-order valence-corrected chi connectivity index (χ2v) is 4.70. The van der Waals surface area contributed by atoms with Gasteiger partial charge < -0.3 is 15.4 Å². The van der Waals surface area contributed by atoms with Gasteiger partial charge >= 0.3 is 6.03 Å². The van der Waals surface area contributed by atoms with E-state index in [0.29, 0.717) is 11.1 Å². The van der Waals surface area contributed by atoms with Crippen LogP contribution in [0.3, 0.4) is 0 Å². The number of urea groups is 1. The van der Waals surface area contributed by atoms with E-state index < -0.39 is 11.8 Å². The Bertz CT molecular complexity index is 415. The molecule has 0 heterocycles. The molecule has 0 bridgehead atoms. The molecule has 0 saturated heterocycles. The van der Waals surface area contributed by atoms with Crippen LogP contribution in [-0.4, -0.2) is 25.8 Å². The summed E-state index contributed by atoms with van der Waals surface area (Å²) in [6.07, 6.45) is 0.740. The second kappa shape index (κ2) is 7.33. The van der Waals surface area contributed by atoms with Crippen LogP contribution in [-0.2, 0) is 4.74 Å². The molecule has 1 unspecified atom stereocenters. The molecule has 0 radical (unpaired) electrons. The molecule has 1 atom stereocenters. The van der Waals surface area contributed by atoms with Crippen molar-refractivity contribution in [3.05, 3.63) is 28.5 Å². The van der Waals surface area contributed by atoms with Gasteiger partial charge in [0.1, 0.15) is 5.82 Å². The van der Waals surface area contributed by atoms with Crippen molar-refractivity contribution in [2.75, 3.05) is 19.0 Å². The van der Waals surface area contributed by atoms with Crippen molar-refractivity contribution < 1.29 is 13.9 Å². The number of ether oxygens (including phenoxy) is 1. The Morgan fingerprint density at radius 3 is 2.83 bits per heavy atom. The van der Waals surface area contributed by atoms with Crippen LogP contribution in [0.5, 0.6) is 0 Å². The van der Waals surface area contributed by atoms with Crippen LogP contribution in [0.25, 0.3) is 0 Å². The highest BCUT2D eigenvalue weighted by Crippen LogP contribution is 2.19. The predicted octanol–water partition coefficient (Wildman–Crippen LogP) is 3.13. The van der Waals surface area contributed by atoms with E-state index in [1.54, 1.807) is 13.2 Å². The number of methoxy groups -OCH3 is 1. The summed E-state index contributed by atoms with van der Waals surface area (Å²) in [5.41, 5.74) is 0.142. The number of amides is 2. The number of halogens is 2. The molecule has 0 spiro atoms. The molecule has 6 heteroatoms. The molecule has 0 aliphatic rings. The summed E-state index contributed by atoms with van der Waals surface area (Å²) in [7, 11) is 1.57. The maximum atomic E-state index is 13.5. The van der Waals surface area contributed by atoms with Crippen molar-refractivity contribution in [2.45, 2.75) is 19.4 Å². The summed E-state index contributed by atoms with van der Waals surface area (Å²) < 4.78 is 19.1. The van der Waals surface area contributed by atoms with Crippen molar-refractivity contribution in [3.63, 3.8) is 0 Å². The molecule has 0 fully saturated rings. The van der Waals surface area contributed by atoms with E-state index in [4.69, 9.17) is 4.74 Å². The third-order valence-corrected chi connectivity index (χ3v) is 2.87. The highest BCUT2D eigenvalue weighted by atomic mass is 79.9. The van der Waals surface area contributed by atoms with Gasteiger partial charge in [-0.1, -0.05) is 22.9 Å². The third kappa shape index (κ3) is 4.62. The highest BCUT2D eigenvalue weighted by molar-refractivity contribution is 9.10. The van der Waals surface area contributed by atoms with Crippen molar-refractivity contribution in [3.8, 4) is 0 Å². The Kier molecular flexibility index (Phi) is 6.07. The van der Waals surface area contributed by atoms with Gasteiger partial charge in [0, 0.05) is 11.6 Å². The number of carbonyl (C=O) groups excluding carboxylic acids is 1. The fourth-order valence-corrected chi connectivity index (χ4v) is 1.73. The minimum absolute atomic E-state index is 0.0893. The van der Waals surface area contributed by atoms with Gasteiger partial charge in [-0.2, -0.15) is 0 Å². The minimum Gasteiger partial charge on any atom is -0.383 e. The lowest BCUT2D eigenvalue weighted by atomic mass is 10.2. The van der Waals surface area contributed by atoms with Gasteiger partial charge in [-0.05, 0) is 24.6 Å². The molecule has 18 heavy (non-hydrogen) atoms. The molecular weight excluding hydrogens is 303 g/mol. The van der Waals surface area contributed by atoms with E-state index in [1.165, 1.54) is 12.1 Å². The molecule has 2 N–H and O–H groups in total. The van der Waals surface area contributed by atoms with Crippen molar-refractivity contribution in [1.29, 1.82) is 0 Å². The second-order valence-electron chi connectivity index (χ2n) is 3.78. The maximum Gasteiger partial charge on any atom is 0.319 e. The quantitative estimate of drug-likeness (QED) is 0.876. The van der Waals surface area contributed by atoms with E-state index in [-0.39, 0.29) is 11.7 Å². The zero-order chi connectivity index (χ0) is 13.5. The van der Waals surface area contributed by atoms with E-state index >= 15 is 0 Å². The van der Waals surface area contributed by atoms with E-state index in [1.807, 2.05) is 6.92 Å². The van der Waals surface area contributed by atoms with Gasteiger partial charge in [-0.15, -0.1) is 0 Å². The van der Waals surface area contributed by atoms with Crippen molar-refractivity contribution >= 4 is 27.6 Å². The molecule has 100 valence electrons. The van der Waals surface area contributed by atoms with Crippen LogP contribution in [0.15, 0.2) is 22.7 Å². The lowest BCUT2D eigenvalue weighted by Crippen LogP contribution is -2.40. The Balaban J connectivity index is 2.58. The average Bonchev–Trinajstić information content (AvgIpc) is 2.32. The Labute approximate surface area is 114 Å². The lowest BCUT2D eigenvalue weighted by Gasteiger charge is -2.16. The van der Waals surface area contributed by atoms with Crippen molar-refractivity contribution in [1.82, 2.24) is 5.32 Å². The number of carbonyl (C=O) groups is 1. The first kappa shape index (κ1) is 14.9. The number of hydrogen-bond donors (Lipinski definition) is 2. The van der Waals surface area contributed by atoms with Crippen LogP contribution in [0.1, 0.15) is 13.3 Å². The molecule has 1 aromatic carbocycles. The third-order valence-electron chi connectivity index (χ3n) is 2.38. The summed E-state index contributed by atoms with van der Waals surface area (Å²) in [6, 6.07) is 3.91. The number of nitrogens with one attached hydrogen (secondary N) is 2. The number of benzene rings is 1. The first-order valence-corrected chi connectivity index (χ1v) is 6.37. The van der Waals surface area contributed by atoms with Crippen LogP contribution in [0, 0.1) is 5.82 Å². The molecule has 1 aromatic rings. The number of rotatable bonds is 5. The van der Waals surface area contributed by atoms with Gasteiger partial charge in [-0.3, -0.25) is 0 Å². The first-order valence-electron chi connectivity index (χ1n) is 5.58. The monoisotopic (exact) mass is 318 g/mol. The topological polar surface area (TPSA) is 50.4 Å². The van der Waals surface area contributed by atoms with Gasteiger partial charge in [0.25, 0.3) is 0 Å². The molecule has 4 nitrogen and oxygen atoms in total. The van der Waals surface area contributed by atoms with E-state index in [9.17, 15) is 9.18 Å². The number of hydrogen-bond acceptors (Lipinski definition) is 2. The standard InChI is InChI=1S/C12H16BrFN2O2/c1-3-9(7-18-2)15-12(17)16-11-5-4-8(13)6-10(11)14/h4-6,9H,3,7H2,1-2H3,(H2,15,16,17). The Morgan fingerprint density at radius 2 is 2.28 bits per heavy atom. The minimum atomic E-state index is -0.487. The highest BCUT2D eigenvalue weighted by Gasteiger charge is 2.11. The van der Waals surface area contributed by atoms with Crippen LogP contribution < -0.4 is 10.6 Å². The predicted molar refractivity (Wildman–Crippen MR) is 72.2 cm³/mol. The van der Waals surface area contributed by atoms with Gasteiger partial charge in [0.05, 0.1) is 18.3 Å². The normalized spacial score (nSPS) is 12.0. The zero-order valence-electron chi connectivity index (χ0n) is 10.3. The first-order chi connectivity index (χ1) is 8.56. The van der Waals surface area contributed by atoms with Crippen LogP contribution in [0.2, 0.25) is 0 Å². The summed E-state index contributed by atoms with van der Waals surface area (Å²) in [4.78, 5) is 11.6. The van der Waals surface area contributed by atoms with Gasteiger partial charge in [-0.25, -0.2) is 9.18 Å². The van der Waals surface area contributed by atoms with Crippen LogP contribution >= 0.6 is 15.9 Å². The fourth-order valence-electron chi connectivity index (χ4n) is 1.40. The molecule has 0 aliphatic heterocycles. The average molecular weight is 319 g/mol. The Morgan fingerprint density at radius 1 is 1.56 bits per heavy atom. The zero-order valence-corrected chi connectivity index (χ0v) is 11.9. The largest absolute Gasteiger partial charge is 0.383 e. The molecular formula is C12H16BrFN2O2. The molecule has 0 saturated carbocycles. The fraction of sp³-hybridized carbons (Fsp3) is 0.417. The summed E-state index contributed by atoms with van der Waals surface area (Å²) >= 11 is 3.15. The maximum absolute atomic E-state index is 13.5. The van der Waals surface area contributed by atoms with E-state index in [0.717, 1.165) is 6.42 Å². The lowest BCUT2D eigenvalue weighted by molar-refractivity contribution is 0.165. The molecule has 0 aliphatic carbocycles. The molecule has 0 aromatic heterocycles. The summed E-state index contributed by atoms with van der Waals surface area (Å²) in [5.74, 6) is -0.487. The van der Waals surface area contributed by atoms with Gasteiger partial charge in [0.2, 0.25) is 0 Å². The number of anilines is 1.